The molecule has 14 heavy (non-hydrogen) atoms. The number of carbonyl (C=O) groups excluding carboxylic acids is 1. The second kappa shape index (κ2) is 2.99. The van der Waals surface area contributed by atoms with Crippen LogP contribution in [-0.2, 0) is 0 Å². The van der Waals surface area contributed by atoms with Crippen LogP contribution in [0.15, 0.2) is 30.5 Å². The lowest BCUT2D eigenvalue weighted by Crippen LogP contribution is -2.13. The molecule has 1 aromatic carbocycles. The van der Waals surface area contributed by atoms with Crippen molar-refractivity contribution in [2.24, 2.45) is 5.73 Å². The minimum Gasteiger partial charge on any atom is -0.397 e. The number of aromatic nitrogens is 1. The van der Waals surface area contributed by atoms with Gasteiger partial charge < -0.3 is 11.5 Å². The van der Waals surface area contributed by atoms with E-state index in [-0.39, 0.29) is 5.69 Å². The largest absolute Gasteiger partial charge is 0.397 e. The van der Waals surface area contributed by atoms with Gasteiger partial charge in [0.05, 0.1) is 11.9 Å². The van der Waals surface area contributed by atoms with Gasteiger partial charge in [-0.1, -0.05) is 24.3 Å². The monoisotopic (exact) mass is 187 g/mol. The van der Waals surface area contributed by atoms with Gasteiger partial charge in [0.15, 0.2) is 0 Å². The minimum absolute atomic E-state index is 0.259. The highest BCUT2D eigenvalue weighted by molar-refractivity contribution is 6.07. The van der Waals surface area contributed by atoms with E-state index in [4.69, 9.17) is 11.5 Å². The van der Waals surface area contributed by atoms with Crippen LogP contribution in [0.2, 0.25) is 0 Å². The number of hydrogen-bond acceptors (Lipinski definition) is 3. The molecule has 0 aliphatic rings. The number of fused-ring (bicyclic) bond motifs is 1. The molecular formula is C10H9N3O. The smallest absolute Gasteiger partial charge is 0.267 e. The molecule has 0 saturated heterocycles. The van der Waals surface area contributed by atoms with Crippen molar-refractivity contribution in [2.45, 2.75) is 0 Å². The van der Waals surface area contributed by atoms with E-state index in [9.17, 15) is 4.79 Å². The summed E-state index contributed by atoms with van der Waals surface area (Å²) in [4.78, 5) is 15.0. The van der Waals surface area contributed by atoms with Gasteiger partial charge in [0.25, 0.3) is 5.91 Å². The fourth-order valence-corrected chi connectivity index (χ4v) is 1.41. The van der Waals surface area contributed by atoms with E-state index in [0.29, 0.717) is 11.1 Å². The first-order chi connectivity index (χ1) is 6.70. The SMILES string of the molecule is NC(=O)c1ncc(N)c2ccccc12. The van der Waals surface area contributed by atoms with Gasteiger partial charge in [-0.25, -0.2) is 4.98 Å². The lowest BCUT2D eigenvalue weighted by Gasteiger charge is -2.04. The first-order valence-electron chi connectivity index (χ1n) is 4.13. The van der Waals surface area contributed by atoms with Gasteiger partial charge >= 0.3 is 0 Å². The van der Waals surface area contributed by atoms with Crippen LogP contribution in [0.3, 0.4) is 0 Å². The third-order valence-electron chi connectivity index (χ3n) is 2.06. The van der Waals surface area contributed by atoms with Crippen molar-refractivity contribution in [1.82, 2.24) is 4.98 Å². The van der Waals surface area contributed by atoms with Gasteiger partial charge in [0, 0.05) is 10.8 Å². The average Bonchev–Trinajstić information content (AvgIpc) is 2.18. The van der Waals surface area contributed by atoms with Crippen LogP contribution >= 0.6 is 0 Å². The third-order valence-corrected chi connectivity index (χ3v) is 2.06. The van der Waals surface area contributed by atoms with Crippen LogP contribution in [0.25, 0.3) is 10.8 Å². The fraction of sp³-hybridized carbons (Fsp3) is 0. The molecular weight excluding hydrogens is 178 g/mol. The molecule has 70 valence electrons. The number of nitrogens with two attached hydrogens (primary N) is 2. The van der Waals surface area contributed by atoms with E-state index < -0.39 is 5.91 Å². The van der Waals surface area contributed by atoms with Crippen LogP contribution in [0.4, 0.5) is 5.69 Å². The molecule has 4 nitrogen and oxygen atoms in total. The van der Waals surface area contributed by atoms with E-state index in [2.05, 4.69) is 4.98 Å². The summed E-state index contributed by atoms with van der Waals surface area (Å²) in [5.41, 5.74) is 11.7. The molecule has 4 N–H and O–H groups in total. The Kier molecular flexibility index (Phi) is 1.81. The highest BCUT2D eigenvalue weighted by atomic mass is 16.1. The van der Waals surface area contributed by atoms with Crippen LogP contribution < -0.4 is 11.5 Å². The van der Waals surface area contributed by atoms with Crippen molar-refractivity contribution in [3.8, 4) is 0 Å². The van der Waals surface area contributed by atoms with E-state index in [1.165, 1.54) is 6.20 Å². The van der Waals surface area contributed by atoms with Crippen LogP contribution in [0, 0.1) is 0 Å². The average molecular weight is 187 g/mol. The lowest BCUT2D eigenvalue weighted by molar-refractivity contribution is 0.0997. The Hall–Kier alpha value is -2.10. The Balaban J connectivity index is 2.88. The molecule has 0 fully saturated rings. The summed E-state index contributed by atoms with van der Waals surface area (Å²) in [7, 11) is 0. The number of amides is 1. The van der Waals surface area contributed by atoms with E-state index in [0.717, 1.165) is 5.39 Å². The molecule has 2 rings (SSSR count). The van der Waals surface area contributed by atoms with Gasteiger partial charge in [0.1, 0.15) is 5.69 Å². The Morgan fingerprint density at radius 2 is 1.86 bits per heavy atom. The molecule has 1 aromatic heterocycles. The molecule has 0 aliphatic heterocycles. The van der Waals surface area contributed by atoms with Gasteiger partial charge in [-0.05, 0) is 0 Å². The number of nitrogens with zero attached hydrogens (tertiary/aromatic N) is 1. The summed E-state index contributed by atoms with van der Waals surface area (Å²) in [6, 6.07) is 7.27. The normalized spacial score (nSPS) is 10.3. The van der Waals surface area contributed by atoms with Crippen molar-refractivity contribution >= 4 is 22.4 Å². The lowest BCUT2D eigenvalue weighted by atomic mass is 10.1. The van der Waals surface area contributed by atoms with Gasteiger partial charge in [0.2, 0.25) is 0 Å². The summed E-state index contributed by atoms with van der Waals surface area (Å²) in [6.45, 7) is 0. The molecule has 4 heteroatoms. The topological polar surface area (TPSA) is 82.0 Å². The third kappa shape index (κ3) is 1.17. The molecule has 0 radical (unpaired) electrons. The molecule has 0 unspecified atom stereocenters. The number of rotatable bonds is 1. The van der Waals surface area contributed by atoms with Crippen molar-refractivity contribution in [3.63, 3.8) is 0 Å². The van der Waals surface area contributed by atoms with Crippen molar-refractivity contribution in [2.75, 3.05) is 5.73 Å². The highest BCUT2D eigenvalue weighted by Crippen LogP contribution is 2.21. The summed E-state index contributed by atoms with van der Waals surface area (Å²) >= 11 is 0. The quantitative estimate of drug-likeness (QED) is 0.696. The maximum atomic E-state index is 11.0. The molecule has 0 atom stereocenters. The van der Waals surface area contributed by atoms with E-state index in [1.807, 2.05) is 18.2 Å². The predicted molar refractivity (Wildman–Crippen MR) is 54.7 cm³/mol. The summed E-state index contributed by atoms with van der Waals surface area (Å²) in [5, 5.41) is 1.50. The van der Waals surface area contributed by atoms with Crippen LogP contribution in [0.1, 0.15) is 10.5 Å². The second-order valence-electron chi connectivity index (χ2n) is 2.97. The van der Waals surface area contributed by atoms with E-state index in [1.54, 1.807) is 6.07 Å². The molecule has 0 spiro atoms. The molecule has 1 heterocycles. The summed E-state index contributed by atoms with van der Waals surface area (Å²) < 4.78 is 0. The minimum atomic E-state index is -0.541. The number of anilines is 1. The molecule has 0 aliphatic carbocycles. The first-order valence-corrected chi connectivity index (χ1v) is 4.13. The molecule has 0 saturated carbocycles. The maximum absolute atomic E-state index is 11.0. The molecule has 2 aromatic rings. The van der Waals surface area contributed by atoms with Gasteiger partial charge in [-0.15, -0.1) is 0 Å². The Morgan fingerprint density at radius 1 is 1.21 bits per heavy atom. The summed E-state index contributed by atoms with van der Waals surface area (Å²) in [6.07, 6.45) is 1.45. The summed E-state index contributed by atoms with van der Waals surface area (Å²) in [5.74, 6) is -0.541. The number of benzene rings is 1. The number of carbonyl (C=O) groups is 1. The van der Waals surface area contributed by atoms with Crippen molar-refractivity contribution < 1.29 is 4.79 Å². The van der Waals surface area contributed by atoms with Gasteiger partial charge in [-0.3, -0.25) is 4.79 Å². The molecule has 0 bridgehead atoms. The fourth-order valence-electron chi connectivity index (χ4n) is 1.41. The zero-order chi connectivity index (χ0) is 10.1. The maximum Gasteiger partial charge on any atom is 0.267 e. The number of nitrogen functional groups attached to an aromatic ring is 1. The van der Waals surface area contributed by atoms with Gasteiger partial charge in [-0.2, -0.15) is 0 Å². The Labute approximate surface area is 80.5 Å². The van der Waals surface area contributed by atoms with Crippen molar-refractivity contribution in [3.05, 3.63) is 36.2 Å². The zero-order valence-electron chi connectivity index (χ0n) is 7.40. The predicted octanol–water partition coefficient (Wildman–Crippen LogP) is 0.916. The highest BCUT2D eigenvalue weighted by Gasteiger charge is 2.08. The van der Waals surface area contributed by atoms with Crippen LogP contribution in [-0.4, -0.2) is 10.9 Å². The Morgan fingerprint density at radius 3 is 2.50 bits per heavy atom. The van der Waals surface area contributed by atoms with Crippen molar-refractivity contribution in [1.29, 1.82) is 0 Å². The zero-order valence-corrected chi connectivity index (χ0v) is 7.40. The standard InChI is InChI=1S/C10H9N3O/c11-8-5-13-9(10(12)14)7-4-2-1-3-6(7)8/h1-5H,11H2,(H2,12,14). The molecule has 1 amide bonds. The van der Waals surface area contributed by atoms with E-state index >= 15 is 0 Å². The number of primary amides is 1. The van der Waals surface area contributed by atoms with Crippen LogP contribution in [0.5, 0.6) is 0 Å². The number of pyridine rings is 1. The Bertz CT molecular complexity index is 508. The first kappa shape index (κ1) is 8.50. The second-order valence-corrected chi connectivity index (χ2v) is 2.97. The number of hydrogen-bond donors (Lipinski definition) is 2.